The molecule has 0 aliphatic rings. The summed E-state index contributed by atoms with van der Waals surface area (Å²) in [5, 5.41) is 11.8. The number of carbonyl (C=O) groups is 2. The van der Waals surface area contributed by atoms with Gasteiger partial charge in [0.1, 0.15) is 0 Å². The maximum atomic E-state index is 11.5. The lowest BCUT2D eigenvalue weighted by Crippen LogP contribution is -2.17. The Labute approximate surface area is 118 Å². The number of benzene rings is 1. The molecule has 0 spiro atoms. The Morgan fingerprint density at radius 2 is 2.00 bits per heavy atom. The predicted molar refractivity (Wildman–Crippen MR) is 77.3 cm³/mol. The second-order valence-electron chi connectivity index (χ2n) is 4.51. The summed E-state index contributed by atoms with van der Waals surface area (Å²) in [5.74, 6) is -1.04. The number of unbranched alkanes of at least 4 members (excludes halogenated alkanes) is 1. The van der Waals surface area contributed by atoms with Gasteiger partial charge in [-0.2, -0.15) is 0 Å². The zero-order chi connectivity index (χ0) is 15.0. The van der Waals surface area contributed by atoms with Crippen LogP contribution in [0.25, 0.3) is 0 Å². The number of carbonyl (C=O) groups excluding carboxylic acids is 1. The lowest BCUT2D eigenvalue weighted by molar-refractivity contribution is 0.0697. The number of ether oxygens (including phenoxy) is 1. The molecular formula is C15H21NO4. The Balaban J connectivity index is 2.94. The molecule has 0 radical (unpaired) electrons. The molecular weight excluding hydrogens is 258 g/mol. The lowest BCUT2D eigenvalue weighted by atomic mass is 10.0. The Hall–Kier alpha value is -2.04. The molecule has 0 fully saturated rings. The van der Waals surface area contributed by atoms with Gasteiger partial charge in [0.25, 0.3) is 0 Å². The third kappa shape index (κ3) is 4.57. The number of hydrogen-bond donors (Lipinski definition) is 2. The second-order valence-corrected chi connectivity index (χ2v) is 4.51. The minimum atomic E-state index is -1.04. The smallest absolute Gasteiger partial charge is 0.411 e. The molecule has 0 aliphatic carbocycles. The van der Waals surface area contributed by atoms with Gasteiger partial charge in [0, 0.05) is 0 Å². The lowest BCUT2D eigenvalue weighted by Gasteiger charge is -2.12. The summed E-state index contributed by atoms with van der Waals surface area (Å²) in [6.45, 7) is 4.25. The molecule has 5 nitrogen and oxygen atoms in total. The number of rotatable bonds is 7. The molecule has 1 amide bonds. The van der Waals surface area contributed by atoms with Crippen LogP contribution in [0.15, 0.2) is 18.2 Å². The molecule has 2 N–H and O–H groups in total. The maximum Gasteiger partial charge on any atom is 0.411 e. The van der Waals surface area contributed by atoms with Crippen LogP contribution < -0.4 is 5.32 Å². The highest BCUT2D eigenvalue weighted by atomic mass is 16.5. The quantitative estimate of drug-likeness (QED) is 0.798. The van der Waals surface area contributed by atoms with Crippen molar-refractivity contribution in [3.63, 3.8) is 0 Å². The van der Waals surface area contributed by atoms with Gasteiger partial charge in [-0.1, -0.05) is 32.4 Å². The minimum absolute atomic E-state index is 0.148. The summed E-state index contributed by atoms with van der Waals surface area (Å²) >= 11 is 0. The van der Waals surface area contributed by atoms with E-state index >= 15 is 0 Å². The standard InChI is InChI=1S/C15H21NO4/c1-3-5-7-11-8-6-9-12(13(11)14(17)18)16-15(19)20-10-4-2/h6,8-9H,3-5,7,10H2,1-2H3,(H,16,19)(H,17,18). The van der Waals surface area contributed by atoms with Gasteiger partial charge in [0.05, 0.1) is 17.9 Å². The van der Waals surface area contributed by atoms with Gasteiger partial charge < -0.3 is 9.84 Å². The Bertz CT molecular complexity index is 471. The molecule has 110 valence electrons. The molecule has 0 aromatic heterocycles. The number of carboxylic acid groups (broad SMARTS) is 1. The predicted octanol–water partition coefficient (Wildman–Crippen LogP) is 3.69. The van der Waals surface area contributed by atoms with Gasteiger partial charge in [-0.25, -0.2) is 9.59 Å². The molecule has 1 rings (SSSR count). The van der Waals surface area contributed by atoms with Crippen LogP contribution in [0, 0.1) is 0 Å². The summed E-state index contributed by atoms with van der Waals surface area (Å²) in [4.78, 5) is 23.0. The maximum absolute atomic E-state index is 11.5. The highest BCUT2D eigenvalue weighted by molar-refractivity contribution is 6.00. The van der Waals surface area contributed by atoms with Crippen LogP contribution in [0.5, 0.6) is 0 Å². The number of aryl methyl sites for hydroxylation is 1. The van der Waals surface area contributed by atoms with Gasteiger partial charge >= 0.3 is 12.1 Å². The van der Waals surface area contributed by atoms with Crippen molar-refractivity contribution < 1.29 is 19.4 Å². The fraction of sp³-hybridized carbons (Fsp3) is 0.467. The van der Waals surface area contributed by atoms with Crippen LogP contribution in [-0.4, -0.2) is 23.8 Å². The number of carboxylic acids is 1. The van der Waals surface area contributed by atoms with Gasteiger partial charge in [0.2, 0.25) is 0 Å². The van der Waals surface area contributed by atoms with Crippen molar-refractivity contribution in [2.24, 2.45) is 0 Å². The fourth-order valence-electron chi connectivity index (χ4n) is 1.87. The second kappa shape index (κ2) is 8.19. The van der Waals surface area contributed by atoms with E-state index in [1.165, 1.54) is 0 Å². The molecule has 20 heavy (non-hydrogen) atoms. The monoisotopic (exact) mass is 279 g/mol. The topological polar surface area (TPSA) is 75.6 Å². The van der Waals surface area contributed by atoms with Crippen molar-refractivity contribution in [1.82, 2.24) is 0 Å². The number of amides is 1. The molecule has 0 atom stereocenters. The van der Waals surface area contributed by atoms with E-state index in [0.29, 0.717) is 13.0 Å². The van der Waals surface area contributed by atoms with E-state index in [4.69, 9.17) is 4.74 Å². The SMILES string of the molecule is CCCCc1cccc(NC(=O)OCCC)c1C(=O)O. The summed E-state index contributed by atoms with van der Waals surface area (Å²) in [7, 11) is 0. The van der Waals surface area contributed by atoms with Crippen LogP contribution in [0.3, 0.4) is 0 Å². The Kier molecular flexibility index (Phi) is 6.56. The van der Waals surface area contributed by atoms with Gasteiger partial charge in [-0.05, 0) is 30.9 Å². The largest absolute Gasteiger partial charge is 0.478 e. The van der Waals surface area contributed by atoms with Crippen LogP contribution >= 0.6 is 0 Å². The van der Waals surface area contributed by atoms with Crippen LogP contribution in [-0.2, 0) is 11.2 Å². The number of anilines is 1. The van der Waals surface area contributed by atoms with E-state index in [2.05, 4.69) is 5.32 Å². The normalized spacial score (nSPS) is 10.1. The van der Waals surface area contributed by atoms with E-state index in [-0.39, 0.29) is 11.3 Å². The first-order valence-electron chi connectivity index (χ1n) is 6.89. The molecule has 1 aromatic rings. The molecule has 0 bridgehead atoms. The fourth-order valence-corrected chi connectivity index (χ4v) is 1.87. The average molecular weight is 279 g/mol. The zero-order valence-electron chi connectivity index (χ0n) is 11.9. The van der Waals surface area contributed by atoms with Crippen molar-refractivity contribution in [3.8, 4) is 0 Å². The van der Waals surface area contributed by atoms with Crippen molar-refractivity contribution in [2.75, 3.05) is 11.9 Å². The number of hydrogen-bond acceptors (Lipinski definition) is 3. The zero-order valence-corrected chi connectivity index (χ0v) is 11.9. The van der Waals surface area contributed by atoms with Gasteiger partial charge in [0.15, 0.2) is 0 Å². The number of aromatic carboxylic acids is 1. The third-order valence-electron chi connectivity index (χ3n) is 2.84. The summed E-state index contributed by atoms with van der Waals surface area (Å²) in [5.41, 5.74) is 1.16. The summed E-state index contributed by atoms with van der Waals surface area (Å²) in [6, 6.07) is 5.10. The van der Waals surface area contributed by atoms with Crippen LogP contribution in [0.4, 0.5) is 10.5 Å². The van der Waals surface area contributed by atoms with Crippen molar-refractivity contribution in [2.45, 2.75) is 39.5 Å². The molecule has 0 saturated carbocycles. The molecule has 0 saturated heterocycles. The summed E-state index contributed by atoms with van der Waals surface area (Å²) < 4.78 is 4.91. The van der Waals surface area contributed by atoms with Gasteiger partial charge in [-0.3, -0.25) is 5.32 Å². The minimum Gasteiger partial charge on any atom is -0.478 e. The van der Waals surface area contributed by atoms with E-state index in [0.717, 1.165) is 24.8 Å². The molecule has 0 unspecified atom stereocenters. The van der Waals surface area contributed by atoms with Crippen molar-refractivity contribution in [1.29, 1.82) is 0 Å². The van der Waals surface area contributed by atoms with Crippen LogP contribution in [0.1, 0.15) is 49.0 Å². The average Bonchev–Trinajstić information content (AvgIpc) is 2.42. The highest BCUT2D eigenvalue weighted by Gasteiger charge is 2.17. The van der Waals surface area contributed by atoms with E-state index in [1.807, 2.05) is 13.8 Å². The first kappa shape index (κ1) is 16.0. The molecule has 1 aromatic carbocycles. The highest BCUT2D eigenvalue weighted by Crippen LogP contribution is 2.22. The van der Waals surface area contributed by atoms with Gasteiger partial charge in [-0.15, -0.1) is 0 Å². The van der Waals surface area contributed by atoms with Crippen LogP contribution in [0.2, 0.25) is 0 Å². The Morgan fingerprint density at radius 3 is 2.60 bits per heavy atom. The molecule has 0 aliphatic heterocycles. The van der Waals surface area contributed by atoms with E-state index < -0.39 is 12.1 Å². The number of nitrogens with one attached hydrogen (secondary N) is 1. The first-order valence-corrected chi connectivity index (χ1v) is 6.89. The summed E-state index contributed by atoms with van der Waals surface area (Å²) in [6.07, 6.45) is 2.66. The molecule has 5 heteroatoms. The third-order valence-corrected chi connectivity index (χ3v) is 2.84. The van der Waals surface area contributed by atoms with E-state index in [1.54, 1.807) is 18.2 Å². The Morgan fingerprint density at radius 1 is 1.25 bits per heavy atom. The first-order chi connectivity index (χ1) is 9.60. The molecule has 0 heterocycles. The van der Waals surface area contributed by atoms with E-state index in [9.17, 15) is 14.7 Å². The van der Waals surface area contributed by atoms with Crippen molar-refractivity contribution >= 4 is 17.7 Å². The van der Waals surface area contributed by atoms with Crippen molar-refractivity contribution in [3.05, 3.63) is 29.3 Å².